The number of nitrogens with one attached hydrogen (secondary N) is 1. The third kappa shape index (κ3) is 4.27. The molecule has 0 fully saturated rings. The van der Waals surface area contributed by atoms with Crippen molar-refractivity contribution in [3.8, 4) is 17.0 Å². The first-order valence-corrected chi connectivity index (χ1v) is 5.34. The van der Waals surface area contributed by atoms with E-state index in [9.17, 15) is 13.2 Å². The summed E-state index contributed by atoms with van der Waals surface area (Å²) in [6.07, 6.45) is -3.31. The van der Waals surface area contributed by atoms with Crippen LogP contribution in [-0.4, -0.2) is 23.4 Å². The molecule has 0 aliphatic heterocycles. The van der Waals surface area contributed by atoms with Crippen molar-refractivity contribution < 1.29 is 17.9 Å². The number of ether oxygens (including phenoxy) is 1. The molecule has 1 aromatic carbocycles. The highest BCUT2D eigenvalue weighted by molar-refractivity contribution is 5.85. The lowest BCUT2D eigenvalue weighted by atomic mass is 10.1. The number of nitrogens with zero attached hydrogens (tertiary/aromatic N) is 2. The Labute approximate surface area is 119 Å². The van der Waals surface area contributed by atoms with Gasteiger partial charge in [-0.3, -0.25) is 0 Å². The quantitative estimate of drug-likeness (QED) is 0.942. The molecular formula is C12H11ClF3N3O. The molecule has 0 bridgehead atoms. The fourth-order valence-corrected chi connectivity index (χ4v) is 1.48. The zero-order valence-electron chi connectivity index (χ0n) is 10.3. The summed E-state index contributed by atoms with van der Waals surface area (Å²) < 4.78 is 39.8. The van der Waals surface area contributed by atoms with E-state index in [4.69, 9.17) is 0 Å². The molecule has 8 heteroatoms. The number of hydrogen-bond donors (Lipinski definition) is 1. The molecule has 2 aromatic rings. The van der Waals surface area contributed by atoms with Gasteiger partial charge >= 0.3 is 6.36 Å². The number of alkyl halides is 3. The number of benzene rings is 1. The number of hydrogen-bond acceptors (Lipinski definition) is 4. The predicted octanol–water partition coefficient (Wildman–Crippen LogP) is 3.51. The van der Waals surface area contributed by atoms with E-state index in [0.29, 0.717) is 17.1 Å². The lowest BCUT2D eigenvalue weighted by Crippen LogP contribution is -2.16. The van der Waals surface area contributed by atoms with E-state index < -0.39 is 6.36 Å². The Kier molecular flexibility index (Phi) is 5.15. The minimum atomic E-state index is -4.68. The molecule has 108 valence electrons. The van der Waals surface area contributed by atoms with Gasteiger partial charge in [0.15, 0.2) is 0 Å². The Balaban J connectivity index is 0.00000200. The van der Waals surface area contributed by atoms with Crippen molar-refractivity contribution in [3.05, 3.63) is 36.7 Å². The topological polar surface area (TPSA) is 47.0 Å². The van der Waals surface area contributed by atoms with Crippen LogP contribution in [0.25, 0.3) is 11.3 Å². The van der Waals surface area contributed by atoms with E-state index in [1.54, 1.807) is 13.1 Å². The summed E-state index contributed by atoms with van der Waals surface area (Å²) in [7, 11) is 1.71. The van der Waals surface area contributed by atoms with E-state index in [0.717, 1.165) is 0 Å². The molecule has 4 nitrogen and oxygen atoms in total. The van der Waals surface area contributed by atoms with Gasteiger partial charge in [0.2, 0.25) is 0 Å². The minimum absolute atomic E-state index is 0. The molecule has 0 saturated heterocycles. The summed E-state index contributed by atoms with van der Waals surface area (Å²) in [5.74, 6) is 0.361. The van der Waals surface area contributed by atoms with Crippen LogP contribution in [0.3, 0.4) is 0 Å². The molecule has 20 heavy (non-hydrogen) atoms. The van der Waals surface area contributed by atoms with E-state index in [1.807, 2.05) is 0 Å². The lowest BCUT2D eigenvalue weighted by Gasteiger charge is -2.09. The summed E-state index contributed by atoms with van der Waals surface area (Å²) >= 11 is 0. The lowest BCUT2D eigenvalue weighted by molar-refractivity contribution is -0.274. The van der Waals surface area contributed by atoms with Crippen molar-refractivity contribution in [2.45, 2.75) is 6.36 Å². The van der Waals surface area contributed by atoms with Gasteiger partial charge < -0.3 is 10.1 Å². The number of aromatic nitrogens is 2. The van der Waals surface area contributed by atoms with Crippen molar-refractivity contribution in [2.75, 3.05) is 12.4 Å². The molecule has 0 saturated carbocycles. The normalized spacial score (nSPS) is 10.6. The molecule has 1 N–H and O–H groups in total. The fourth-order valence-electron chi connectivity index (χ4n) is 1.48. The van der Waals surface area contributed by atoms with Crippen LogP contribution in [-0.2, 0) is 0 Å². The van der Waals surface area contributed by atoms with Gasteiger partial charge in [-0.15, -0.1) is 25.6 Å². The first-order chi connectivity index (χ1) is 8.98. The van der Waals surface area contributed by atoms with Crippen molar-refractivity contribution in [1.29, 1.82) is 0 Å². The second-order valence-corrected chi connectivity index (χ2v) is 3.61. The maximum Gasteiger partial charge on any atom is 0.573 e. The Morgan fingerprint density at radius 1 is 1.10 bits per heavy atom. The Bertz CT molecular complexity index is 561. The van der Waals surface area contributed by atoms with Crippen LogP contribution in [0.1, 0.15) is 0 Å². The highest BCUT2D eigenvalue weighted by Gasteiger charge is 2.30. The molecule has 1 aromatic heterocycles. The van der Waals surface area contributed by atoms with E-state index >= 15 is 0 Å². The molecule has 0 aliphatic rings. The monoisotopic (exact) mass is 305 g/mol. The highest BCUT2D eigenvalue weighted by atomic mass is 35.5. The maximum absolute atomic E-state index is 12.0. The van der Waals surface area contributed by atoms with Gasteiger partial charge in [0.1, 0.15) is 17.9 Å². The van der Waals surface area contributed by atoms with Crippen molar-refractivity contribution in [1.82, 2.24) is 9.97 Å². The molecule has 2 rings (SSSR count). The zero-order chi connectivity index (χ0) is 13.9. The highest BCUT2D eigenvalue weighted by Crippen LogP contribution is 2.26. The summed E-state index contributed by atoms with van der Waals surface area (Å²) in [4.78, 5) is 8.00. The standard InChI is InChI=1S/C12H10F3N3O.ClH/c1-16-11-6-10(17-7-18-11)8-2-4-9(5-3-8)19-12(13,14)15;/h2-7H,1H3,(H,16,17,18);1H. The third-order valence-electron chi connectivity index (χ3n) is 2.31. The summed E-state index contributed by atoms with van der Waals surface area (Å²) in [5.41, 5.74) is 1.28. The van der Waals surface area contributed by atoms with Crippen LogP contribution in [0.5, 0.6) is 5.75 Å². The Hall–Kier alpha value is -2.02. The van der Waals surface area contributed by atoms with Gasteiger partial charge in [-0.25, -0.2) is 9.97 Å². The summed E-state index contributed by atoms with van der Waals surface area (Å²) in [6.45, 7) is 0. The molecule has 0 radical (unpaired) electrons. The molecule has 1 heterocycles. The van der Waals surface area contributed by atoms with Crippen LogP contribution in [0.2, 0.25) is 0 Å². The predicted molar refractivity (Wildman–Crippen MR) is 70.9 cm³/mol. The minimum Gasteiger partial charge on any atom is -0.406 e. The van der Waals surface area contributed by atoms with Gasteiger partial charge in [0, 0.05) is 18.7 Å². The maximum atomic E-state index is 12.0. The molecule has 0 amide bonds. The second kappa shape index (κ2) is 6.42. The van der Waals surface area contributed by atoms with Crippen molar-refractivity contribution >= 4 is 18.2 Å². The van der Waals surface area contributed by atoms with Crippen molar-refractivity contribution in [2.24, 2.45) is 0 Å². The van der Waals surface area contributed by atoms with Gasteiger partial charge in [-0.05, 0) is 24.3 Å². The number of rotatable bonds is 3. The second-order valence-electron chi connectivity index (χ2n) is 3.61. The van der Waals surface area contributed by atoms with E-state index in [-0.39, 0.29) is 18.2 Å². The van der Waals surface area contributed by atoms with Crippen LogP contribution >= 0.6 is 12.4 Å². The van der Waals surface area contributed by atoms with Crippen LogP contribution < -0.4 is 10.1 Å². The average molecular weight is 306 g/mol. The molecular weight excluding hydrogens is 295 g/mol. The number of halogens is 4. The number of anilines is 1. The van der Waals surface area contributed by atoms with E-state index in [1.165, 1.54) is 30.6 Å². The first kappa shape index (κ1) is 16.0. The Morgan fingerprint density at radius 3 is 2.30 bits per heavy atom. The van der Waals surface area contributed by atoms with Gasteiger partial charge in [-0.1, -0.05) is 0 Å². The molecule has 0 spiro atoms. The van der Waals surface area contributed by atoms with Crippen LogP contribution in [0.15, 0.2) is 36.7 Å². The van der Waals surface area contributed by atoms with Crippen molar-refractivity contribution in [3.63, 3.8) is 0 Å². The fraction of sp³-hybridized carbons (Fsp3) is 0.167. The Morgan fingerprint density at radius 2 is 1.75 bits per heavy atom. The molecule has 0 unspecified atom stereocenters. The zero-order valence-corrected chi connectivity index (χ0v) is 11.1. The smallest absolute Gasteiger partial charge is 0.406 e. The third-order valence-corrected chi connectivity index (χ3v) is 2.31. The van der Waals surface area contributed by atoms with E-state index in [2.05, 4.69) is 20.0 Å². The molecule has 0 aliphatic carbocycles. The van der Waals surface area contributed by atoms with Gasteiger partial charge in [0.25, 0.3) is 0 Å². The van der Waals surface area contributed by atoms with Gasteiger partial charge in [0.05, 0.1) is 5.69 Å². The largest absolute Gasteiger partial charge is 0.573 e. The van der Waals surface area contributed by atoms with Crippen LogP contribution in [0, 0.1) is 0 Å². The summed E-state index contributed by atoms with van der Waals surface area (Å²) in [6, 6.07) is 7.18. The summed E-state index contributed by atoms with van der Waals surface area (Å²) in [5, 5.41) is 2.85. The van der Waals surface area contributed by atoms with Gasteiger partial charge in [-0.2, -0.15) is 0 Å². The average Bonchev–Trinajstić information content (AvgIpc) is 2.38. The SMILES string of the molecule is CNc1cc(-c2ccc(OC(F)(F)F)cc2)ncn1.Cl. The van der Waals surface area contributed by atoms with Crippen LogP contribution in [0.4, 0.5) is 19.0 Å². The first-order valence-electron chi connectivity index (χ1n) is 5.34. The molecule has 0 atom stereocenters.